The zero-order valence-corrected chi connectivity index (χ0v) is 28.3. The van der Waals surface area contributed by atoms with Crippen LogP contribution in [0.4, 0.5) is 0 Å². The summed E-state index contributed by atoms with van der Waals surface area (Å²) in [6.45, 7) is 16.8. The van der Waals surface area contributed by atoms with Crippen LogP contribution in [0.1, 0.15) is 66.0 Å². The normalized spacial score (nSPS) is 9.79. The lowest BCUT2D eigenvalue weighted by molar-refractivity contribution is -0.125. The van der Waals surface area contributed by atoms with E-state index >= 15 is 0 Å². The van der Waals surface area contributed by atoms with Gasteiger partial charge in [-0.2, -0.15) is 5.26 Å². The first-order valence-electron chi connectivity index (χ1n) is 14.4. The van der Waals surface area contributed by atoms with Crippen LogP contribution in [-0.2, 0) is 21.0 Å². The highest BCUT2D eigenvalue weighted by Gasteiger charge is 2.22. The third-order valence-corrected chi connectivity index (χ3v) is 6.15. The van der Waals surface area contributed by atoms with Gasteiger partial charge in [0.05, 0.1) is 29.5 Å². The number of nitrogens with zero attached hydrogens (tertiary/aromatic N) is 5. The van der Waals surface area contributed by atoms with Crippen LogP contribution >= 0.6 is 11.8 Å². The molecule has 3 rings (SSSR count). The number of benzene rings is 1. The van der Waals surface area contributed by atoms with Gasteiger partial charge in [0, 0.05) is 39.6 Å². The van der Waals surface area contributed by atoms with Crippen LogP contribution in [0.5, 0.6) is 11.5 Å². The summed E-state index contributed by atoms with van der Waals surface area (Å²) in [6.07, 6.45) is 2.59. The first kappa shape index (κ1) is 38.7. The number of aryl methyl sites for hydroxylation is 1. The van der Waals surface area contributed by atoms with Crippen molar-refractivity contribution in [3.8, 4) is 28.8 Å². The maximum Gasteiger partial charge on any atom is 0.232 e. The molecule has 42 heavy (non-hydrogen) atoms. The van der Waals surface area contributed by atoms with Crippen molar-refractivity contribution in [2.24, 2.45) is 0 Å². The molecule has 1 amide bonds. The predicted molar refractivity (Wildman–Crippen MR) is 171 cm³/mol. The zero-order valence-electron chi connectivity index (χ0n) is 27.5. The average molecular weight is 604 g/mol. The molecule has 2 aromatic heterocycles. The van der Waals surface area contributed by atoms with Crippen LogP contribution in [0.2, 0.25) is 0 Å². The van der Waals surface area contributed by atoms with Gasteiger partial charge in [0.15, 0.2) is 23.4 Å². The fourth-order valence-electron chi connectivity index (χ4n) is 3.48. The van der Waals surface area contributed by atoms with E-state index < -0.39 is 0 Å². The predicted octanol–water partition coefficient (Wildman–Crippen LogP) is 6.91. The zero-order chi connectivity index (χ0) is 32.2. The van der Waals surface area contributed by atoms with Crippen molar-refractivity contribution in [3.05, 3.63) is 29.5 Å². The molecule has 0 aliphatic rings. The number of methoxy groups -OCH3 is 2. The number of carbonyl (C=O) groups is 1. The molecule has 0 saturated heterocycles. The topological polar surface area (TPSA) is 112 Å². The molecule has 1 aromatic carbocycles. The summed E-state index contributed by atoms with van der Waals surface area (Å²) in [7, 11) is 6.51. The number of aromatic nitrogens is 3. The number of hydrogen-bond acceptors (Lipinski definition) is 9. The van der Waals surface area contributed by atoms with Crippen molar-refractivity contribution in [2.45, 2.75) is 73.7 Å². The third kappa shape index (κ3) is 10.5. The molecule has 2 heterocycles. The van der Waals surface area contributed by atoms with Gasteiger partial charge < -0.3 is 28.4 Å². The summed E-state index contributed by atoms with van der Waals surface area (Å²) in [5.41, 5.74) is 3.17. The van der Waals surface area contributed by atoms with Crippen molar-refractivity contribution in [3.63, 3.8) is 0 Å². The Labute approximate surface area is 256 Å². The van der Waals surface area contributed by atoms with E-state index in [0.717, 1.165) is 17.5 Å². The lowest BCUT2D eigenvalue weighted by Gasteiger charge is -2.15. The van der Waals surface area contributed by atoms with E-state index in [9.17, 15) is 10.1 Å². The van der Waals surface area contributed by atoms with Gasteiger partial charge in [0.2, 0.25) is 5.91 Å². The highest BCUT2D eigenvalue weighted by molar-refractivity contribution is 7.99. The van der Waals surface area contributed by atoms with E-state index in [0.29, 0.717) is 45.6 Å². The number of nitriles is 1. The van der Waals surface area contributed by atoms with Gasteiger partial charge in [-0.25, -0.2) is 9.97 Å². The quantitative estimate of drug-likeness (QED) is 0.0943. The molecule has 0 N–H and O–H groups in total. The second kappa shape index (κ2) is 21.4. The maximum atomic E-state index is 12.2. The van der Waals surface area contributed by atoms with Crippen LogP contribution in [0.25, 0.3) is 22.3 Å². The highest BCUT2D eigenvalue weighted by atomic mass is 32.2. The molecule has 0 bridgehead atoms. The van der Waals surface area contributed by atoms with E-state index in [1.165, 1.54) is 23.8 Å². The standard InChI is InChI=1S/C25H31N5O5S.3C2H6/c1-7-8-34-14-30-12-17(11-26)22-23(27-25(28-24(22)30)36-13-21(31)29(3)4)18-10-20(35-15-32-5)19(33-6)9-16(18)2;3*1-2/h9-10,12H,7-8,13-15H2,1-6H3;3*1-2H3. The van der Waals surface area contributed by atoms with Gasteiger partial charge >= 0.3 is 0 Å². The molecule has 11 heteroatoms. The molecule has 0 fully saturated rings. The van der Waals surface area contributed by atoms with Crippen molar-refractivity contribution >= 4 is 28.7 Å². The van der Waals surface area contributed by atoms with Crippen molar-refractivity contribution in [1.82, 2.24) is 19.4 Å². The van der Waals surface area contributed by atoms with Gasteiger partial charge in [-0.05, 0) is 31.0 Å². The summed E-state index contributed by atoms with van der Waals surface area (Å²) in [4.78, 5) is 23.3. The van der Waals surface area contributed by atoms with Gasteiger partial charge in [-0.1, -0.05) is 60.2 Å². The third-order valence-electron chi connectivity index (χ3n) is 5.32. The fourth-order valence-corrected chi connectivity index (χ4v) is 4.30. The Bertz CT molecular complexity index is 1270. The van der Waals surface area contributed by atoms with E-state index in [4.69, 9.17) is 28.9 Å². The highest BCUT2D eigenvalue weighted by Crippen LogP contribution is 2.39. The molecule has 10 nitrogen and oxygen atoms in total. The molecular weight excluding hydrogens is 554 g/mol. The van der Waals surface area contributed by atoms with E-state index in [-0.39, 0.29) is 25.2 Å². The number of carbonyl (C=O) groups excluding carboxylic acids is 1. The Kier molecular flexibility index (Phi) is 19.7. The molecule has 0 unspecified atom stereocenters. The summed E-state index contributed by atoms with van der Waals surface area (Å²) in [6, 6.07) is 5.94. The number of rotatable bonds is 12. The van der Waals surface area contributed by atoms with Gasteiger partial charge in [-0.3, -0.25) is 4.79 Å². The number of thioether (sulfide) groups is 1. The lowest BCUT2D eigenvalue weighted by Crippen LogP contribution is -2.23. The second-order valence-electron chi connectivity index (χ2n) is 8.16. The number of ether oxygens (including phenoxy) is 4. The van der Waals surface area contributed by atoms with Crippen LogP contribution in [0.3, 0.4) is 0 Å². The molecule has 3 aromatic rings. The monoisotopic (exact) mass is 603 g/mol. The van der Waals surface area contributed by atoms with Crippen molar-refractivity contribution in [1.29, 1.82) is 5.26 Å². The fraction of sp³-hybridized carbons (Fsp3) is 0.548. The van der Waals surface area contributed by atoms with Crippen LogP contribution in [0, 0.1) is 18.3 Å². The minimum Gasteiger partial charge on any atom is -0.493 e. The molecule has 0 atom stereocenters. The van der Waals surface area contributed by atoms with Crippen LogP contribution < -0.4 is 9.47 Å². The van der Waals surface area contributed by atoms with Crippen LogP contribution in [0.15, 0.2) is 23.5 Å². The van der Waals surface area contributed by atoms with Crippen molar-refractivity contribution < 1.29 is 23.7 Å². The minimum atomic E-state index is -0.0551. The van der Waals surface area contributed by atoms with E-state index in [1.807, 2.05) is 67.5 Å². The summed E-state index contributed by atoms with van der Waals surface area (Å²) < 4.78 is 23.8. The second-order valence-corrected chi connectivity index (χ2v) is 9.10. The summed E-state index contributed by atoms with van der Waals surface area (Å²) >= 11 is 1.24. The van der Waals surface area contributed by atoms with E-state index in [1.54, 1.807) is 32.0 Å². The van der Waals surface area contributed by atoms with Gasteiger partial charge in [0.1, 0.15) is 18.4 Å². The van der Waals surface area contributed by atoms with Gasteiger partial charge in [-0.15, -0.1) is 0 Å². The largest absolute Gasteiger partial charge is 0.493 e. The molecule has 234 valence electrons. The summed E-state index contributed by atoms with van der Waals surface area (Å²) in [5.74, 6) is 1.16. The maximum absolute atomic E-state index is 12.2. The van der Waals surface area contributed by atoms with Crippen molar-refractivity contribution in [2.75, 3.05) is 47.5 Å². The van der Waals surface area contributed by atoms with E-state index in [2.05, 4.69) is 6.07 Å². The molecule has 0 aliphatic heterocycles. The molecule has 0 spiro atoms. The molecular formula is C31H49N5O5S. The molecule has 0 aliphatic carbocycles. The first-order valence-corrected chi connectivity index (χ1v) is 15.4. The average Bonchev–Trinajstić information content (AvgIpc) is 3.39. The Morgan fingerprint density at radius 3 is 2.29 bits per heavy atom. The molecule has 0 saturated carbocycles. The lowest BCUT2D eigenvalue weighted by atomic mass is 10.0. The Balaban J connectivity index is 0.00000263. The Hall–Kier alpha value is -3.33. The number of amides is 1. The Morgan fingerprint density at radius 2 is 1.74 bits per heavy atom. The number of hydrogen-bond donors (Lipinski definition) is 0. The number of fused-ring (bicyclic) bond motifs is 1. The Morgan fingerprint density at radius 1 is 1.07 bits per heavy atom. The SMILES string of the molecule is CC.CC.CC.CCCOCn1cc(C#N)c2c(-c3cc(OCOC)c(OC)cc3C)nc(SCC(=O)N(C)C)nc21. The summed E-state index contributed by atoms with van der Waals surface area (Å²) in [5, 5.41) is 11.0. The minimum absolute atomic E-state index is 0.0420. The van der Waals surface area contributed by atoms with Gasteiger partial charge in [0.25, 0.3) is 0 Å². The van der Waals surface area contributed by atoms with Crippen LogP contribution in [-0.4, -0.2) is 72.8 Å². The smallest absolute Gasteiger partial charge is 0.232 e. The molecule has 0 radical (unpaired) electrons. The first-order chi connectivity index (χ1) is 20.3.